The second-order valence-electron chi connectivity index (χ2n) is 6.88. The molecule has 0 saturated carbocycles. The van der Waals surface area contributed by atoms with E-state index in [2.05, 4.69) is 41.5 Å². The minimum absolute atomic E-state index is 0.508. The molecule has 1 atom stereocenters. The summed E-state index contributed by atoms with van der Waals surface area (Å²) in [5.74, 6) is 1.81. The van der Waals surface area contributed by atoms with Gasteiger partial charge in [-0.2, -0.15) is 0 Å². The molecule has 0 saturated heterocycles. The molecule has 0 heterocycles. The molecule has 16 heavy (non-hydrogen) atoms. The molecule has 1 unspecified atom stereocenters. The van der Waals surface area contributed by atoms with Gasteiger partial charge in [-0.15, -0.1) is 0 Å². The highest BCUT2D eigenvalue weighted by molar-refractivity contribution is 4.73. The smallest absolute Gasteiger partial charge is 0.0354 e. The third-order valence-corrected chi connectivity index (χ3v) is 3.70. The van der Waals surface area contributed by atoms with Gasteiger partial charge in [0.05, 0.1) is 0 Å². The van der Waals surface area contributed by atoms with E-state index < -0.39 is 0 Å². The van der Waals surface area contributed by atoms with Crippen LogP contribution in [-0.2, 0) is 0 Å². The number of unbranched alkanes of at least 4 members (excludes halogenated alkanes) is 2. The standard InChI is InChI=1S/C16H34/c1-7-11-15(16(4,5)6)13-10-8-9-12-14(2)3/h14-15H,7-13H2,1-6H3. The maximum absolute atomic E-state index is 2.40. The van der Waals surface area contributed by atoms with Crippen LogP contribution in [0.25, 0.3) is 0 Å². The molecule has 0 amide bonds. The number of hydrogen-bond acceptors (Lipinski definition) is 0. The first-order valence-electron chi connectivity index (χ1n) is 7.38. The molecule has 0 heteroatoms. The minimum Gasteiger partial charge on any atom is -0.0654 e. The van der Waals surface area contributed by atoms with E-state index in [1.165, 1.54) is 44.9 Å². The average Bonchev–Trinajstić information content (AvgIpc) is 2.13. The van der Waals surface area contributed by atoms with Crippen LogP contribution >= 0.6 is 0 Å². The SMILES string of the molecule is CCCC(CCCCCC(C)C)C(C)(C)C. The highest BCUT2D eigenvalue weighted by Crippen LogP contribution is 2.33. The van der Waals surface area contributed by atoms with Crippen molar-refractivity contribution in [2.24, 2.45) is 17.3 Å². The van der Waals surface area contributed by atoms with Crippen LogP contribution in [0.3, 0.4) is 0 Å². The lowest BCUT2D eigenvalue weighted by Gasteiger charge is -2.30. The monoisotopic (exact) mass is 226 g/mol. The summed E-state index contributed by atoms with van der Waals surface area (Å²) < 4.78 is 0. The first kappa shape index (κ1) is 16.0. The summed E-state index contributed by atoms with van der Waals surface area (Å²) >= 11 is 0. The Morgan fingerprint density at radius 1 is 0.812 bits per heavy atom. The van der Waals surface area contributed by atoms with Crippen LogP contribution in [0.2, 0.25) is 0 Å². The van der Waals surface area contributed by atoms with Crippen molar-refractivity contribution >= 4 is 0 Å². The van der Waals surface area contributed by atoms with Gasteiger partial charge < -0.3 is 0 Å². The zero-order chi connectivity index (χ0) is 12.6. The Labute approximate surface area is 104 Å². The lowest BCUT2D eigenvalue weighted by atomic mass is 9.75. The zero-order valence-corrected chi connectivity index (χ0v) is 12.6. The molecule has 0 aromatic rings. The molecule has 0 aromatic heterocycles. The molecule has 0 radical (unpaired) electrons. The van der Waals surface area contributed by atoms with Crippen LogP contribution in [0.1, 0.15) is 86.5 Å². The van der Waals surface area contributed by atoms with E-state index in [0.717, 1.165) is 11.8 Å². The van der Waals surface area contributed by atoms with Gasteiger partial charge in [-0.05, 0) is 23.7 Å². The first-order valence-corrected chi connectivity index (χ1v) is 7.38. The van der Waals surface area contributed by atoms with Crippen LogP contribution in [0, 0.1) is 17.3 Å². The van der Waals surface area contributed by atoms with Crippen molar-refractivity contribution in [1.29, 1.82) is 0 Å². The van der Waals surface area contributed by atoms with E-state index in [4.69, 9.17) is 0 Å². The summed E-state index contributed by atoms with van der Waals surface area (Å²) in [6.45, 7) is 14.2. The Kier molecular flexibility index (Phi) is 8.14. The highest BCUT2D eigenvalue weighted by atomic mass is 14.3. The third kappa shape index (κ3) is 8.19. The Balaban J connectivity index is 3.69. The molecule has 0 aliphatic carbocycles. The summed E-state index contributed by atoms with van der Waals surface area (Å²) in [7, 11) is 0. The van der Waals surface area contributed by atoms with Gasteiger partial charge in [-0.1, -0.05) is 80.1 Å². The zero-order valence-electron chi connectivity index (χ0n) is 12.6. The van der Waals surface area contributed by atoms with Crippen LogP contribution in [0.4, 0.5) is 0 Å². The van der Waals surface area contributed by atoms with Crippen molar-refractivity contribution in [3.05, 3.63) is 0 Å². The molecule has 0 aromatic carbocycles. The van der Waals surface area contributed by atoms with E-state index in [-0.39, 0.29) is 0 Å². The van der Waals surface area contributed by atoms with Crippen molar-refractivity contribution in [1.82, 2.24) is 0 Å². The summed E-state index contributed by atoms with van der Waals surface area (Å²) in [6, 6.07) is 0. The summed E-state index contributed by atoms with van der Waals surface area (Å²) in [5.41, 5.74) is 0.508. The number of rotatable bonds is 8. The predicted octanol–water partition coefficient (Wildman–Crippen LogP) is 6.06. The highest BCUT2D eigenvalue weighted by Gasteiger charge is 2.22. The largest absolute Gasteiger partial charge is 0.0654 e. The fourth-order valence-electron chi connectivity index (χ4n) is 2.48. The van der Waals surface area contributed by atoms with Crippen LogP contribution in [0.15, 0.2) is 0 Å². The second-order valence-corrected chi connectivity index (χ2v) is 6.88. The molecule has 0 N–H and O–H groups in total. The average molecular weight is 226 g/mol. The molecule has 0 aliphatic heterocycles. The second kappa shape index (κ2) is 8.14. The molecule has 0 bridgehead atoms. The Hall–Kier alpha value is 0. The van der Waals surface area contributed by atoms with Gasteiger partial charge in [-0.25, -0.2) is 0 Å². The molecular formula is C16H34. The van der Waals surface area contributed by atoms with Gasteiger partial charge in [0, 0.05) is 0 Å². The molecular weight excluding hydrogens is 192 g/mol. The van der Waals surface area contributed by atoms with Gasteiger partial charge >= 0.3 is 0 Å². The fraction of sp³-hybridized carbons (Fsp3) is 1.00. The quantitative estimate of drug-likeness (QED) is 0.442. The molecule has 98 valence electrons. The molecule has 0 nitrogen and oxygen atoms in total. The first-order chi connectivity index (χ1) is 7.38. The minimum atomic E-state index is 0.508. The maximum atomic E-state index is 2.40. The topological polar surface area (TPSA) is 0 Å². The van der Waals surface area contributed by atoms with E-state index >= 15 is 0 Å². The van der Waals surface area contributed by atoms with Gasteiger partial charge in [0.15, 0.2) is 0 Å². The normalized spacial score (nSPS) is 14.4. The van der Waals surface area contributed by atoms with Gasteiger partial charge in [0.1, 0.15) is 0 Å². The number of hydrogen-bond donors (Lipinski definition) is 0. The van der Waals surface area contributed by atoms with Crippen LogP contribution in [-0.4, -0.2) is 0 Å². The van der Waals surface area contributed by atoms with E-state index in [1.54, 1.807) is 0 Å². The molecule has 0 fully saturated rings. The summed E-state index contributed by atoms with van der Waals surface area (Å²) in [4.78, 5) is 0. The molecule has 0 rings (SSSR count). The van der Waals surface area contributed by atoms with E-state index in [9.17, 15) is 0 Å². The van der Waals surface area contributed by atoms with Crippen LogP contribution < -0.4 is 0 Å². The molecule has 0 spiro atoms. The van der Waals surface area contributed by atoms with Crippen molar-refractivity contribution < 1.29 is 0 Å². The van der Waals surface area contributed by atoms with Gasteiger partial charge in [-0.3, -0.25) is 0 Å². The van der Waals surface area contributed by atoms with E-state index in [1.807, 2.05) is 0 Å². The maximum Gasteiger partial charge on any atom is -0.0354 e. The molecule has 0 aliphatic rings. The third-order valence-electron chi connectivity index (χ3n) is 3.70. The Bertz CT molecular complexity index is 150. The van der Waals surface area contributed by atoms with E-state index in [0.29, 0.717) is 5.41 Å². The van der Waals surface area contributed by atoms with Crippen LogP contribution in [0.5, 0.6) is 0 Å². The lowest BCUT2D eigenvalue weighted by Crippen LogP contribution is -2.20. The Morgan fingerprint density at radius 2 is 1.38 bits per heavy atom. The fourth-order valence-corrected chi connectivity index (χ4v) is 2.48. The van der Waals surface area contributed by atoms with Crippen molar-refractivity contribution in [2.45, 2.75) is 86.5 Å². The van der Waals surface area contributed by atoms with Gasteiger partial charge in [0.2, 0.25) is 0 Å². The van der Waals surface area contributed by atoms with Crippen molar-refractivity contribution in [2.75, 3.05) is 0 Å². The summed E-state index contributed by atoms with van der Waals surface area (Å²) in [6.07, 6.45) is 9.91. The predicted molar refractivity (Wildman–Crippen MR) is 75.8 cm³/mol. The van der Waals surface area contributed by atoms with Gasteiger partial charge in [0.25, 0.3) is 0 Å². The Morgan fingerprint density at radius 3 is 1.81 bits per heavy atom. The van der Waals surface area contributed by atoms with Crippen molar-refractivity contribution in [3.8, 4) is 0 Å². The lowest BCUT2D eigenvalue weighted by molar-refractivity contribution is 0.204. The summed E-state index contributed by atoms with van der Waals surface area (Å²) in [5, 5.41) is 0. The van der Waals surface area contributed by atoms with Crippen molar-refractivity contribution in [3.63, 3.8) is 0 Å².